The Hall–Kier alpha value is -0.650. The van der Waals surface area contributed by atoms with Crippen LogP contribution in [0.25, 0.3) is 0 Å². The Kier molecular flexibility index (Phi) is 6.05. The number of hydroxylamine groups is 1. The van der Waals surface area contributed by atoms with Crippen LogP contribution in [0.3, 0.4) is 0 Å². The van der Waals surface area contributed by atoms with Crippen LogP contribution in [0, 0.1) is 0 Å². The third-order valence-electron chi connectivity index (χ3n) is 0.450. The molecule has 0 fully saturated rings. The fourth-order valence-electron chi connectivity index (χ4n) is 0.216. The number of rotatable bonds is 6. The molecular weight excluding hydrogens is 154 g/mol. The van der Waals surface area contributed by atoms with Crippen molar-refractivity contribution in [2.45, 2.75) is 0 Å². The minimum Gasteiger partial charge on any atom is -0.369 e. The van der Waals surface area contributed by atoms with Gasteiger partial charge in [-0.2, -0.15) is 5.48 Å². The molecule has 0 atom stereocenters. The summed E-state index contributed by atoms with van der Waals surface area (Å²) >= 11 is 0.935. The average Bonchev–Trinajstić information content (AvgIpc) is 1.89. The van der Waals surface area contributed by atoms with Crippen molar-refractivity contribution in [1.29, 1.82) is 0 Å². The molecule has 0 saturated carbocycles. The van der Waals surface area contributed by atoms with Crippen molar-refractivity contribution in [2.75, 3.05) is 7.05 Å². The van der Waals surface area contributed by atoms with Crippen LogP contribution in [0.4, 0.5) is 0 Å². The Morgan fingerprint density at radius 2 is 2.40 bits per heavy atom. The first-order chi connectivity index (χ1) is 4.81. The lowest BCUT2D eigenvalue weighted by Gasteiger charge is -2.03. The van der Waals surface area contributed by atoms with Gasteiger partial charge in [0.2, 0.25) is 0 Å². The van der Waals surface area contributed by atoms with Crippen molar-refractivity contribution in [1.82, 2.24) is 5.48 Å². The molecule has 5 heteroatoms. The predicted octanol–water partition coefficient (Wildman–Crippen LogP) is 1.35. The molecule has 4 nitrogen and oxygen atoms in total. The van der Waals surface area contributed by atoms with Crippen molar-refractivity contribution in [3.63, 3.8) is 0 Å². The molecule has 0 bridgehead atoms. The van der Waals surface area contributed by atoms with Crippen LogP contribution in [0.2, 0.25) is 0 Å². The molecule has 0 aromatic heterocycles. The summed E-state index contributed by atoms with van der Waals surface area (Å²) < 4.78 is 4.43. The Labute approximate surface area is 63.9 Å². The van der Waals surface area contributed by atoms with Gasteiger partial charge in [0.15, 0.2) is 0 Å². The van der Waals surface area contributed by atoms with E-state index in [0.717, 1.165) is 12.0 Å². The lowest BCUT2D eigenvalue weighted by Crippen LogP contribution is -2.07. The summed E-state index contributed by atoms with van der Waals surface area (Å²) in [5.74, 6) is 0.0388. The summed E-state index contributed by atoms with van der Waals surface area (Å²) in [6.07, 6.45) is 0. The van der Waals surface area contributed by atoms with Crippen molar-refractivity contribution in [3.8, 4) is 0 Å². The van der Waals surface area contributed by atoms with Gasteiger partial charge in [0.1, 0.15) is 0 Å². The largest absolute Gasteiger partial charge is 0.369 e. The zero-order chi connectivity index (χ0) is 7.82. The van der Waals surface area contributed by atoms with Gasteiger partial charge in [-0.1, -0.05) is 6.58 Å². The van der Waals surface area contributed by atoms with Gasteiger partial charge in [-0.15, -0.1) is 4.33 Å². The highest BCUT2D eigenvalue weighted by Crippen LogP contribution is 2.06. The minimum atomic E-state index is 0.0388. The first kappa shape index (κ1) is 9.35. The molecule has 0 radical (unpaired) electrons. The van der Waals surface area contributed by atoms with Gasteiger partial charge >= 0.3 is 5.95 Å². The van der Waals surface area contributed by atoms with Gasteiger partial charge in [0.05, 0.1) is 12.0 Å². The molecule has 0 aromatic rings. The molecule has 0 aliphatic rings. The molecule has 0 aliphatic heterocycles. The van der Waals surface area contributed by atoms with E-state index in [4.69, 9.17) is 0 Å². The number of hydrogen-bond donors (Lipinski definition) is 1. The molecule has 0 aromatic carbocycles. The smallest absolute Gasteiger partial charge is 0.329 e. The Morgan fingerprint density at radius 1 is 1.70 bits per heavy atom. The maximum atomic E-state index is 4.55. The highest BCUT2D eigenvalue weighted by Gasteiger charge is 1.92. The normalized spacial score (nSPS) is 8.50. The van der Waals surface area contributed by atoms with Crippen molar-refractivity contribution in [3.05, 3.63) is 24.5 Å². The van der Waals surface area contributed by atoms with E-state index in [1.807, 2.05) is 0 Å². The first-order valence-electron chi connectivity index (χ1n) is 2.44. The molecule has 0 heterocycles. The molecule has 10 heavy (non-hydrogen) atoms. The quantitative estimate of drug-likeness (QED) is 0.210. The summed E-state index contributed by atoms with van der Waals surface area (Å²) in [7, 11) is 1.58. The van der Waals surface area contributed by atoms with E-state index in [1.54, 1.807) is 7.05 Å². The SMILES string of the molecule is C=CSOOC(=C)ONC. The van der Waals surface area contributed by atoms with Gasteiger partial charge in [-0.3, -0.25) is 4.89 Å². The van der Waals surface area contributed by atoms with Crippen molar-refractivity contribution < 1.29 is 14.1 Å². The van der Waals surface area contributed by atoms with E-state index in [0.29, 0.717) is 0 Å². The third-order valence-corrected chi connectivity index (χ3v) is 0.733. The van der Waals surface area contributed by atoms with Gasteiger partial charge in [-0.25, -0.2) is 0 Å². The van der Waals surface area contributed by atoms with Crippen LogP contribution in [-0.2, 0) is 14.1 Å². The van der Waals surface area contributed by atoms with Gasteiger partial charge in [-0.05, 0) is 12.0 Å². The fourth-order valence-corrected chi connectivity index (χ4v) is 0.387. The van der Waals surface area contributed by atoms with Crippen LogP contribution >= 0.6 is 12.0 Å². The number of nitrogens with one attached hydrogen (secondary N) is 1. The third kappa shape index (κ3) is 5.49. The molecule has 0 aliphatic carbocycles. The molecule has 0 rings (SSSR count). The summed E-state index contributed by atoms with van der Waals surface area (Å²) in [5, 5.41) is 1.46. The average molecular weight is 163 g/mol. The standard InChI is InChI=1S/C5H9NO3S/c1-4-10-9-8-5(2)7-6-3/h4,6H,1-2H2,3H3. The molecule has 0 amide bonds. The Morgan fingerprint density at radius 3 is 2.90 bits per heavy atom. The van der Waals surface area contributed by atoms with Crippen LogP contribution in [0.1, 0.15) is 0 Å². The lowest BCUT2D eigenvalue weighted by atomic mass is 11.1. The second-order valence-electron chi connectivity index (χ2n) is 1.09. The molecule has 0 unspecified atom stereocenters. The minimum absolute atomic E-state index is 0.0388. The van der Waals surface area contributed by atoms with Crippen molar-refractivity contribution in [2.24, 2.45) is 0 Å². The van der Waals surface area contributed by atoms with Crippen molar-refractivity contribution >= 4 is 12.0 Å². The highest BCUT2D eigenvalue weighted by atomic mass is 32.2. The molecule has 58 valence electrons. The van der Waals surface area contributed by atoms with E-state index >= 15 is 0 Å². The van der Waals surface area contributed by atoms with E-state index in [9.17, 15) is 0 Å². The first-order valence-corrected chi connectivity index (χ1v) is 3.25. The van der Waals surface area contributed by atoms with Gasteiger partial charge in [0.25, 0.3) is 0 Å². The summed E-state index contributed by atoms with van der Waals surface area (Å²) in [6.45, 7) is 6.71. The van der Waals surface area contributed by atoms with Gasteiger partial charge < -0.3 is 4.84 Å². The summed E-state index contributed by atoms with van der Waals surface area (Å²) in [5.41, 5.74) is 2.35. The summed E-state index contributed by atoms with van der Waals surface area (Å²) in [4.78, 5) is 8.98. The zero-order valence-electron chi connectivity index (χ0n) is 5.62. The van der Waals surface area contributed by atoms with Crippen LogP contribution in [0.5, 0.6) is 0 Å². The van der Waals surface area contributed by atoms with Crippen LogP contribution in [-0.4, -0.2) is 7.05 Å². The topological polar surface area (TPSA) is 39.7 Å². The monoisotopic (exact) mass is 163 g/mol. The van der Waals surface area contributed by atoms with Crippen LogP contribution in [0.15, 0.2) is 24.5 Å². The highest BCUT2D eigenvalue weighted by molar-refractivity contribution is 7.97. The molecule has 0 spiro atoms. The zero-order valence-corrected chi connectivity index (χ0v) is 6.44. The van der Waals surface area contributed by atoms with E-state index in [-0.39, 0.29) is 5.95 Å². The van der Waals surface area contributed by atoms with E-state index in [1.165, 1.54) is 5.41 Å². The Balaban J connectivity index is 3.13. The van der Waals surface area contributed by atoms with Crippen LogP contribution < -0.4 is 5.48 Å². The predicted molar refractivity (Wildman–Crippen MR) is 39.2 cm³/mol. The molecular formula is C5H9NO3S. The number of hydrogen-bond acceptors (Lipinski definition) is 5. The Bertz CT molecular complexity index is 117. The second-order valence-corrected chi connectivity index (χ2v) is 1.75. The van der Waals surface area contributed by atoms with Gasteiger partial charge in [0, 0.05) is 7.05 Å². The molecule has 0 saturated heterocycles. The lowest BCUT2D eigenvalue weighted by molar-refractivity contribution is -0.206. The maximum absolute atomic E-state index is 4.55. The maximum Gasteiger partial charge on any atom is 0.329 e. The van der Waals surface area contributed by atoms with E-state index < -0.39 is 0 Å². The fraction of sp³-hybridized carbons (Fsp3) is 0.200. The second kappa shape index (κ2) is 6.47. The summed E-state index contributed by atoms with van der Waals surface area (Å²) in [6, 6.07) is 0. The molecule has 1 N–H and O–H groups in total. The van der Waals surface area contributed by atoms with E-state index in [2.05, 4.69) is 32.7 Å².